The van der Waals surface area contributed by atoms with Crippen LogP contribution in [0.15, 0.2) is 29.1 Å². The number of sulfonamides is 1. The van der Waals surface area contributed by atoms with Crippen LogP contribution in [0.4, 0.5) is 0 Å². The zero-order valence-corrected chi connectivity index (χ0v) is 17.4. The van der Waals surface area contributed by atoms with Crippen LogP contribution in [0.1, 0.15) is 18.7 Å². The van der Waals surface area contributed by atoms with Gasteiger partial charge in [-0.1, -0.05) is 12.1 Å². The molecule has 2 heterocycles. The zero-order chi connectivity index (χ0) is 21.0. The lowest BCUT2D eigenvalue weighted by Gasteiger charge is -2.33. The molecule has 2 aromatic rings. The lowest BCUT2D eigenvalue weighted by Crippen LogP contribution is -2.45. The first-order chi connectivity index (χ1) is 13.8. The molecule has 0 radical (unpaired) electrons. The highest BCUT2D eigenvalue weighted by molar-refractivity contribution is 7.88. The number of nitrogens with one attached hydrogen (secondary N) is 1. The lowest BCUT2D eigenvalue weighted by atomic mass is 9.96. The first-order valence-corrected chi connectivity index (χ1v) is 11.3. The van der Waals surface area contributed by atoms with Gasteiger partial charge in [0.2, 0.25) is 15.9 Å². The Kier molecular flexibility index (Phi) is 6.66. The molecule has 29 heavy (non-hydrogen) atoms. The summed E-state index contributed by atoms with van der Waals surface area (Å²) in [6.07, 6.45) is 2.12. The van der Waals surface area contributed by atoms with E-state index < -0.39 is 10.0 Å². The number of piperidine rings is 1. The standard InChI is InChI=1S/C19H26N4O5S/c1-28-12-11-22(19(25)14-7-9-23(10-8-14)29(2,26)27)13-17-20-16-6-4-3-5-15(16)18(24)21-17/h3-6,14H,7-13H2,1-2H3,(H,20,21,24). The van der Waals surface area contributed by atoms with Crippen molar-refractivity contribution in [3.63, 3.8) is 0 Å². The molecule has 10 heteroatoms. The number of para-hydroxylation sites is 1. The second-order valence-corrected chi connectivity index (χ2v) is 9.20. The maximum atomic E-state index is 13.1. The molecule has 1 aliphatic heterocycles. The van der Waals surface area contributed by atoms with Crippen molar-refractivity contribution >= 4 is 26.8 Å². The van der Waals surface area contributed by atoms with Crippen LogP contribution >= 0.6 is 0 Å². The van der Waals surface area contributed by atoms with Gasteiger partial charge in [-0.15, -0.1) is 0 Å². The third-order valence-corrected chi connectivity index (χ3v) is 6.45. The summed E-state index contributed by atoms with van der Waals surface area (Å²) in [5.41, 5.74) is 0.332. The number of aromatic nitrogens is 2. The van der Waals surface area contributed by atoms with E-state index in [1.165, 1.54) is 10.6 Å². The number of rotatable bonds is 7. The van der Waals surface area contributed by atoms with Gasteiger partial charge in [0.05, 0.1) is 30.3 Å². The lowest BCUT2D eigenvalue weighted by molar-refractivity contribution is -0.138. The van der Waals surface area contributed by atoms with Crippen LogP contribution in [-0.4, -0.2) is 73.1 Å². The van der Waals surface area contributed by atoms with Gasteiger partial charge in [-0.05, 0) is 25.0 Å². The highest BCUT2D eigenvalue weighted by Gasteiger charge is 2.31. The summed E-state index contributed by atoms with van der Waals surface area (Å²) in [6, 6.07) is 7.04. The summed E-state index contributed by atoms with van der Waals surface area (Å²) in [4.78, 5) is 34.3. The van der Waals surface area contributed by atoms with E-state index in [0.717, 1.165) is 0 Å². The van der Waals surface area contributed by atoms with Gasteiger partial charge >= 0.3 is 0 Å². The van der Waals surface area contributed by atoms with E-state index in [2.05, 4.69) is 9.97 Å². The Morgan fingerprint density at radius 1 is 1.31 bits per heavy atom. The molecule has 1 N–H and O–H groups in total. The zero-order valence-electron chi connectivity index (χ0n) is 16.6. The summed E-state index contributed by atoms with van der Waals surface area (Å²) in [7, 11) is -1.69. The monoisotopic (exact) mass is 422 g/mol. The van der Waals surface area contributed by atoms with Gasteiger partial charge in [0.15, 0.2) is 0 Å². The van der Waals surface area contributed by atoms with Crippen LogP contribution in [0, 0.1) is 5.92 Å². The van der Waals surface area contributed by atoms with Crippen LogP contribution in [0.3, 0.4) is 0 Å². The Morgan fingerprint density at radius 3 is 2.66 bits per heavy atom. The molecule has 1 aliphatic rings. The number of nitrogens with zero attached hydrogens (tertiary/aromatic N) is 3. The molecule has 9 nitrogen and oxygen atoms in total. The Morgan fingerprint density at radius 2 is 2.00 bits per heavy atom. The number of carbonyl (C=O) groups excluding carboxylic acids is 1. The topological polar surface area (TPSA) is 113 Å². The Labute approximate surface area is 169 Å². The van der Waals surface area contributed by atoms with Crippen molar-refractivity contribution in [2.24, 2.45) is 5.92 Å². The molecule has 1 fully saturated rings. The molecule has 0 saturated carbocycles. The maximum absolute atomic E-state index is 13.1. The second-order valence-electron chi connectivity index (χ2n) is 7.22. The fraction of sp³-hybridized carbons (Fsp3) is 0.526. The molecule has 0 unspecified atom stereocenters. The summed E-state index contributed by atoms with van der Waals surface area (Å²) in [5.74, 6) is 0.0646. The molecule has 0 aliphatic carbocycles. The summed E-state index contributed by atoms with van der Waals surface area (Å²) >= 11 is 0. The van der Waals surface area contributed by atoms with E-state index in [4.69, 9.17) is 4.74 Å². The SMILES string of the molecule is COCCN(Cc1nc2ccccc2c(=O)[nH]1)C(=O)C1CCN(S(C)(=O)=O)CC1. The molecule has 0 atom stereocenters. The Balaban J connectivity index is 1.76. The molecule has 1 saturated heterocycles. The quantitative estimate of drug-likeness (QED) is 0.698. The number of ether oxygens (including phenoxy) is 1. The van der Waals surface area contributed by atoms with Crippen molar-refractivity contribution in [2.45, 2.75) is 19.4 Å². The van der Waals surface area contributed by atoms with Gasteiger partial charge in [0.1, 0.15) is 5.82 Å². The van der Waals surface area contributed by atoms with Crippen molar-refractivity contribution in [2.75, 3.05) is 39.6 Å². The third kappa shape index (κ3) is 5.20. The van der Waals surface area contributed by atoms with Crippen molar-refractivity contribution < 1.29 is 17.9 Å². The number of hydrogen-bond donors (Lipinski definition) is 1. The molecular weight excluding hydrogens is 396 g/mol. The minimum Gasteiger partial charge on any atom is -0.383 e. The molecule has 0 spiro atoms. The number of fused-ring (bicyclic) bond motifs is 1. The van der Waals surface area contributed by atoms with E-state index in [-0.39, 0.29) is 23.9 Å². The van der Waals surface area contributed by atoms with Crippen LogP contribution < -0.4 is 5.56 Å². The van der Waals surface area contributed by atoms with E-state index >= 15 is 0 Å². The second kappa shape index (κ2) is 9.02. The minimum atomic E-state index is -3.24. The molecule has 158 valence electrons. The van der Waals surface area contributed by atoms with E-state index in [0.29, 0.717) is 55.8 Å². The average molecular weight is 423 g/mol. The highest BCUT2D eigenvalue weighted by Crippen LogP contribution is 2.22. The van der Waals surface area contributed by atoms with Crippen molar-refractivity contribution in [1.29, 1.82) is 0 Å². The van der Waals surface area contributed by atoms with Gasteiger partial charge in [-0.3, -0.25) is 9.59 Å². The van der Waals surface area contributed by atoms with Gasteiger partial charge < -0.3 is 14.6 Å². The number of H-pyrrole nitrogens is 1. The number of methoxy groups -OCH3 is 1. The number of benzene rings is 1. The van der Waals surface area contributed by atoms with Crippen LogP contribution in [-0.2, 0) is 26.1 Å². The van der Waals surface area contributed by atoms with E-state index in [1.54, 1.807) is 30.2 Å². The van der Waals surface area contributed by atoms with Crippen LogP contribution in [0.5, 0.6) is 0 Å². The number of hydrogen-bond acceptors (Lipinski definition) is 6. The molecule has 0 bridgehead atoms. The number of carbonyl (C=O) groups is 1. The van der Waals surface area contributed by atoms with Gasteiger partial charge in [-0.25, -0.2) is 17.7 Å². The smallest absolute Gasteiger partial charge is 0.258 e. The van der Waals surface area contributed by atoms with Gasteiger partial charge in [0, 0.05) is 32.7 Å². The number of amides is 1. The van der Waals surface area contributed by atoms with E-state index in [9.17, 15) is 18.0 Å². The van der Waals surface area contributed by atoms with E-state index in [1.807, 2.05) is 6.07 Å². The highest BCUT2D eigenvalue weighted by atomic mass is 32.2. The van der Waals surface area contributed by atoms with Gasteiger partial charge in [0.25, 0.3) is 5.56 Å². The third-order valence-electron chi connectivity index (χ3n) is 5.15. The van der Waals surface area contributed by atoms with Gasteiger partial charge in [-0.2, -0.15) is 0 Å². The van der Waals surface area contributed by atoms with Crippen molar-refractivity contribution in [3.05, 3.63) is 40.4 Å². The minimum absolute atomic E-state index is 0.0778. The first-order valence-electron chi connectivity index (χ1n) is 9.50. The average Bonchev–Trinajstić information content (AvgIpc) is 2.70. The predicted octanol–water partition coefficient (Wildman–Crippen LogP) is 0.570. The first kappa shape index (κ1) is 21.4. The molecule has 1 amide bonds. The maximum Gasteiger partial charge on any atom is 0.258 e. The Bertz CT molecular complexity index is 1030. The fourth-order valence-corrected chi connectivity index (χ4v) is 4.43. The predicted molar refractivity (Wildman–Crippen MR) is 109 cm³/mol. The fourth-order valence-electron chi connectivity index (χ4n) is 3.55. The molecule has 1 aromatic carbocycles. The van der Waals surface area contributed by atoms with Crippen molar-refractivity contribution in [3.8, 4) is 0 Å². The summed E-state index contributed by atoms with van der Waals surface area (Å²) in [5, 5.41) is 0.499. The molecular formula is C19H26N4O5S. The Hall–Kier alpha value is -2.30. The summed E-state index contributed by atoms with van der Waals surface area (Å²) < 4.78 is 29.9. The largest absolute Gasteiger partial charge is 0.383 e. The number of aromatic amines is 1. The normalized spacial score (nSPS) is 16.2. The molecule has 1 aromatic heterocycles. The summed E-state index contributed by atoms with van der Waals surface area (Å²) in [6.45, 7) is 1.54. The van der Waals surface area contributed by atoms with Crippen molar-refractivity contribution in [1.82, 2.24) is 19.2 Å². The van der Waals surface area contributed by atoms with Crippen LogP contribution in [0.25, 0.3) is 10.9 Å². The molecule has 3 rings (SSSR count). The van der Waals surface area contributed by atoms with Crippen LogP contribution in [0.2, 0.25) is 0 Å².